The Labute approximate surface area is 113 Å². The van der Waals surface area contributed by atoms with Gasteiger partial charge in [-0.15, -0.1) is 0 Å². The van der Waals surface area contributed by atoms with Gasteiger partial charge in [0.15, 0.2) is 0 Å². The molecule has 104 valence electrons. The monoisotopic (exact) mass is 278 g/mol. The van der Waals surface area contributed by atoms with E-state index in [1.807, 2.05) is 0 Å². The van der Waals surface area contributed by atoms with Gasteiger partial charge in [0.2, 0.25) is 5.91 Å². The summed E-state index contributed by atoms with van der Waals surface area (Å²) in [6, 6.07) is 3.40. The average Bonchev–Trinajstić information content (AvgIpc) is 2.77. The standard InChI is InChI=1S/C12H11FN4O3/c13-9-4-8(12(19)20)1-2-10(9)17-6-7(3-11(17)18)5-15-16-14/h1-2,4,7H,3,5-6H2,(H,19,20). The van der Waals surface area contributed by atoms with Gasteiger partial charge in [-0.25, -0.2) is 9.18 Å². The largest absolute Gasteiger partial charge is 0.478 e. The van der Waals surface area contributed by atoms with Crippen molar-refractivity contribution < 1.29 is 19.1 Å². The molecule has 1 aromatic carbocycles. The fraction of sp³-hybridized carbons (Fsp3) is 0.333. The van der Waals surface area contributed by atoms with Gasteiger partial charge in [-0.3, -0.25) is 4.79 Å². The van der Waals surface area contributed by atoms with Crippen molar-refractivity contribution in [3.05, 3.63) is 40.0 Å². The number of carbonyl (C=O) groups excluding carboxylic acids is 1. The van der Waals surface area contributed by atoms with E-state index in [0.29, 0.717) is 0 Å². The fourth-order valence-corrected chi connectivity index (χ4v) is 2.15. The SMILES string of the molecule is [N-]=[N+]=NCC1CC(=O)N(c2ccc(C(=O)O)cc2F)C1. The van der Waals surface area contributed by atoms with Crippen molar-refractivity contribution in [2.45, 2.75) is 6.42 Å². The summed E-state index contributed by atoms with van der Waals surface area (Å²) in [4.78, 5) is 26.4. The maximum absolute atomic E-state index is 13.9. The van der Waals surface area contributed by atoms with Crippen molar-refractivity contribution in [3.8, 4) is 0 Å². The summed E-state index contributed by atoms with van der Waals surface area (Å²) in [5.41, 5.74) is 8.11. The maximum Gasteiger partial charge on any atom is 0.335 e. The molecule has 0 bridgehead atoms. The van der Waals surface area contributed by atoms with E-state index in [1.54, 1.807) is 0 Å². The summed E-state index contributed by atoms with van der Waals surface area (Å²) in [5.74, 6) is -2.42. The minimum absolute atomic E-state index is 0.0448. The predicted octanol–water partition coefficient (Wildman–Crippen LogP) is 2.19. The number of aromatic carboxylic acids is 1. The number of rotatable bonds is 4. The van der Waals surface area contributed by atoms with E-state index >= 15 is 0 Å². The first-order chi connectivity index (χ1) is 9.52. The van der Waals surface area contributed by atoms with Gasteiger partial charge in [0.05, 0.1) is 11.3 Å². The molecule has 1 unspecified atom stereocenters. The highest BCUT2D eigenvalue weighted by Gasteiger charge is 2.31. The molecule has 8 heteroatoms. The van der Waals surface area contributed by atoms with Crippen LogP contribution in [-0.4, -0.2) is 30.1 Å². The molecule has 1 atom stereocenters. The molecule has 1 saturated heterocycles. The molecule has 1 heterocycles. The van der Waals surface area contributed by atoms with Crippen molar-refractivity contribution >= 4 is 17.6 Å². The first-order valence-electron chi connectivity index (χ1n) is 5.87. The van der Waals surface area contributed by atoms with Crippen molar-refractivity contribution in [2.75, 3.05) is 18.0 Å². The number of hydrogen-bond donors (Lipinski definition) is 1. The van der Waals surface area contributed by atoms with Gasteiger partial charge in [0.25, 0.3) is 0 Å². The maximum atomic E-state index is 13.9. The first-order valence-corrected chi connectivity index (χ1v) is 5.87. The lowest BCUT2D eigenvalue weighted by Gasteiger charge is -2.17. The summed E-state index contributed by atoms with van der Waals surface area (Å²) in [5, 5.41) is 12.2. The highest BCUT2D eigenvalue weighted by molar-refractivity contribution is 5.96. The van der Waals surface area contributed by atoms with E-state index in [-0.39, 0.29) is 42.6 Å². The molecule has 0 aromatic heterocycles. The predicted molar refractivity (Wildman–Crippen MR) is 67.8 cm³/mol. The minimum atomic E-state index is -1.23. The lowest BCUT2D eigenvalue weighted by molar-refractivity contribution is -0.117. The molecule has 1 N–H and O–H groups in total. The molecular formula is C12H11FN4O3. The van der Waals surface area contributed by atoms with E-state index in [1.165, 1.54) is 17.0 Å². The second-order valence-electron chi connectivity index (χ2n) is 4.46. The molecule has 7 nitrogen and oxygen atoms in total. The van der Waals surface area contributed by atoms with Gasteiger partial charge in [-0.05, 0) is 29.6 Å². The molecule has 1 fully saturated rings. The minimum Gasteiger partial charge on any atom is -0.478 e. The van der Waals surface area contributed by atoms with Gasteiger partial charge in [-0.2, -0.15) is 0 Å². The van der Waals surface area contributed by atoms with Gasteiger partial charge in [0.1, 0.15) is 5.82 Å². The third kappa shape index (κ3) is 2.70. The number of nitrogens with zero attached hydrogens (tertiary/aromatic N) is 4. The number of halogens is 1. The third-order valence-electron chi connectivity index (χ3n) is 3.09. The van der Waals surface area contributed by atoms with Crippen LogP contribution in [0.3, 0.4) is 0 Å². The molecule has 1 aliphatic rings. The van der Waals surface area contributed by atoms with Crippen molar-refractivity contribution in [1.82, 2.24) is 0 Å². The van der Waals surface area contributed by atoms with Crippen LogP contribution in [0, 0.1) is 11.7 Å². The Bertz CT molecular complexity index is 613. The summed E-state index contributed by atoms with van der Waals surface area (Å²) in [6.07, 6.45) is 0.180. The van der Waals surface area contributed by atoms with Crippen LogP contribution in [-0.2, 0) is 4.79 Å². The van der Waals surface area contributed by atoms with E-state index in [9.17, 15) is 14.0 Å². The number of hydrogen-bond acceptors (Lipinski definition) is 3. The van der Waals surface area contributed by atoms with Crippen LogP contribution in [0.4, 0.5) is 10.1 Å². The summed E-state index contributed by atoms with van der Waals surface area (Å²) >= 11 is 0. The Hall–Kier alpha value is -2.60. The topological polar surface area (TPSA) is 106 Å². The Kier molecular flexibility index (Phi) is 3.86. The smallest absolute Gasteiger partial charge is 0.335 e. The molecule has 1 aromatic rings. The average molecular weight is 278 g/mol. The normalized spacial score (nSPS) is 17.9. The van der Waals surface area contributed by atoms with E-state index in [0.717, 1.165) is 6.07 Å². The number of carbonyl (C=O) groups is 2. The highest BCUT2D eigenvalue weighted by atomic mass is 19.1. The van der Waals surface area contributed by atoms with Crippen LogP contribution in [0.25, 0.3) is 10.4 Å². The number of anilines is 1. The number of carboxylic acid groups (broad SMARTS) is 1. The zero-order valence-electron chi connectivity index (χ0n) is 10.4. The Morgan fingerprint density at radius 2 is 2.35 bits per heavy atom. The molecule has 1 aliphatic heterocycles. The Balaban J connectivity index is 2.21. The van der Waals surface area contributed by atoms with Crippen LogP contribution in [0.2, 0.25) is 0 Å². The van der Waals surface area contributed by atoms with Gasteiger partial charge < -0.3 is 10.0 Å². The third-order valence-corrected chi connectivity index (χ3v) is 3.09. The molecule has 1 amide bonds. The summed E-state index contributed by atoms with van der Waals surface area (Å²) < 4.78 is 13.9. The lowest BCUT2D eigenvalue weighted by Crippen LogP contribution is -2.26. The zero-order valence-corrected chi connectivity index (χ0v) is 10.4. The Morgan fingerprint density at radius 3 is 2.95 bits per heavy atom. The molecular weight excluding hydrogens is 267 g/mol. The number of benzene rings is 1. The zero-order chi connectivity index (χ0) is 14.7. The summed E-state index contributed by atoms with van der Waals surface area (Å²) in [6.45, 7) is 0.425. The molecule has 0 spiro atoms. The van der Waals surface area contributed by atoms with Crippen LogP contribution in [0.15, 0.2) is 23.3 Å². The molecule has 2 rings (SSSR count). The molecule has 20 heavy (non-hydrogen) atoms. The fourth-order valence-electron chi connectivity index (χ4n) is 2.15. The van der Waals surface area contributed by atoms with Crippen LogP contribution in [0.1, 0.15) is 16.8 Å². The second kappa shape index (κ2) is 5.58. The Morgan fingerprint density at radius 1 is 1.60 bits per heavy atom. The molecule has 0 radical (unpaired) electrons. The van der Waals surface area contributed by atoms with Gasteiger partial charge in [-0.1, -0.05) is 5.11 Å². The van der Waals surface area contributed by atoms with Crippen molar-refractivity contribution in [1.29, 1.82) is 0 Å². The van der Waals surface area contributed by atoms with Crippen molar-refractivity contribution in [2.24, 2.45) is 11.0 Å². The number of azide groups is 1. The molecule has 0 saturated carbocycles. The number of amides is 1. The second-order valence-corrected chi connectivity index (χ2v) is 4.46. The van der Waals surface area contributed by atoms with E-state index in [2.05, 4.69) is 10.0 Å². The van der Waals surface area contributed by atoms with E-state index in [4.69, 9.17) is 10.6 Å². The number of carboxylic acids is 1. The highest BCUT2D eigenvalue weighted by Crippen LogP contribution is 2.28. The first kappa shape index (κ1) is 13.8. The quantitative estimate of drug-likeness (QED) is 0.518. The lowest BCUT2D eigenvalue weighted by atomic mass is 10.1. The van der Waals surface area contributed by atoms with Crippen molar-refractivity contribution in [3.63, 3.8) is 0 Å². The van der Waals surface area contributed by atoms with Gasteiger partial charge >= 0.3 is 5.97 Å². The van der Waals surface area contributed by atoms with Crippen LogP contribution < -0.4 is 4.90 Å². The summed E-state index contributed by atoms with van der Waals surface area (Å²) in [7, 11) is 0. The molecule has 0 aliphatic carbocycles. The van der Waals surface area contributed by atoms with Crippen LogP contribution in [0.5, 0.6) is 0 Å². The van der Waals surface area contributed by atoms with Gasteiger partial charge in [0, 0.05) is 24.4 Å². The van der Waals surface area contributed by atoms with Crippen LogP contribution >= 0.6 is 0 Å². The van der Waals surface area contributed by atoms with E-state index < -0.39 is 11.8 Å².